The summed E-state index contributed by atoms with van der Waals surface area (Å²) in [6, 6.07) is 0. The van der Waals surface area contributed by atoms with Crippen molar-refractivity contribution in [2.24, 2.45) is 34.5 Å². The lowest BCUT2D eigenvalue weighted by Crippen LogP contribution is -2.53. The standard InChI is InChI=1S/C26H36O5/c1-6-30-14-22(31-16(3)27)20-13-23(29)25(4)10-9-21-19(24(20)25)8-7-17-12-18(28)11-15(2)26(17,21)5/h11-12,19-22,24H,6-10,13-14H2,1-5H3/t19-,20+,21+,22+,24-,25-,26+/m1/s1. The fourth-order valence-corrected chi connectivity index (χ4v) is 7.57. The van der Waals surface area contributed by atoms with Crippen LogP contribution >= 0.6 is 0 Å². The van der Waals surface area contributed by atoms with E-state index in [4.69, 9.17) is 9.47 Å². The Labute approximate surface area is 185 Å². The number of esters is 1. The van der Waals surface area contributed by atoms with Crippen molar-refractivity contribution in [3.63, 3.8) is 0 Å². The topological polar surface area (TPSA) is 69.7 Å². The number of ketones is 2. The van der Waals surface area contributed by atoms with Gasteiger partial charge in [-0.15, -0.1) is 0 Å². The fraction of sp³-hybridized carbons (Fsp3) is 0.731. The number of carbonyl (C=O) groups excluding carboxylic acids is 3. The Bertz CT molecular complexity index is 854. The van der Waals surface area contributed by atoms with Gasteiger partial charge in [0.25, 0.3) is 0 Å². The quantitative estimate of drug-likeness (QED) is 0.605. The largest absolute Gasteiger partial charge is 0.460 e. The van der Waals surface area contributed by atoms with E-state index in [9.17, 15) is 14.4 Å². The molecule has 3 fully saturated rings. The molecule has 4 rings (SSSR count). The van der Waals surface area contributed by atoms with Crippen LogP contribution in [0, 0.1) is 34.5 Å². The van der Waals surface area contributed by atoms with Crippen LogP contribution in [0.4, 0.5) is 0 Å². The number of carbonyl (C=O) groups is 3. The van der Waals surface area contributed by atoms with Crippen molar-refractivity contribution in [2.45, 2.75) is 72.8 Å². The van der Waals surface area contributed by atoms with Crippen molar-refractivity contribution in [1.82, 2.24) is 0 Å². The van der Waals surface area contributed by atoms with Crippen LogP contribution in [0.25, 0.3) is 0 Å². The van der Waals surface area contributed by atoms with Crippen LogP contribution in [0.1, 0.15) is 66.7 Å². The van der Waals surface area contributed by atoms with Crippen LogP contribution in [0.15, 0.2) is 23.3 Å². The highest BCUT2D eigenvalue weighted by Crippen LogP contribution is 2.66. The van der Waals surface area contributed by atoms with Crippen molar-refractivity contribution in [2.75, 3.05) is 13.2 Å². The highest BCUT2D eigenvalue weighted by atomic mass is 16.6. The van der Waals surface area contributed by atoms with Gasteiger partial charge in [-0.1, -0.05) is 25.0 Å². The first-order chi connectivity index (χ1) is 14.6. The van der Waals surface area contributed by atoms with E-state index in [0.29, 0.717) is 37.3 Å². The van der Waals surface area contributed by atoms with Crippen LogP contribution < -0.4 is 0 Å². The number of hydrogen-bond acceptors (Lipinski definition) is 5. The molecule has 0 aliphatic heterocycles. The molecule has 5 heteroatoms. The first-order valence-corrected chi connectivity index (χ1v) is 11.8. The summed E-state index contributed by atoms with van der Waals surface area (Å²) >= 11 is 0. The summed E-state index contributed by atoms with van der Waals surface area (Å²) in [7, 11) is 0. The average molecular weight is 429 g/mol. The van der Waals surface area contributed by atoms with Crippen LogP contribution in [-0.2, 0) is 23.9 Å². The molecule has 0 spiro atoms. The molecule has 0 aromatic carbocycles. The maximum absolute atomic E-state index is 13.3. The van der Waals surface area contributed by atoms with Gasteiger partial charge in [0.15, 0.2) is 5.78 Å². The van der Waals surface area contributed by atoms with Gasteiger partial charge < -0.3 is 9.47 Å². The van der Waals surface area contributed by atoms with Crippen LogP contribution in [-0.4, -0.2) is 36.9 Å². The smallest absolute Gasteiger partial charge is 0.302 e. The van der Waals surface area contributed by atoms with Gasteiger partial charge in [-0.3, -0.25) is 14.4 Å². The molecule has 0 aromatic heterocycles. The van der Waals surface area contributed by atoms with Gasteiger partial charge in [-0.25, -0.2) is 0 Å². The lowest BCUT2D eigenvalue weighted by Gasteiger charge is -2.58. The van der Waals surface area contributed by atoms with Crippen molar-refractivity contribution in [1.29, 1.82) is 0 Å². The second-order valence-corrected chi connectivity index (χ2v) is 10.5. The predicted molar refractivity (Wildman–Crippen MR) is 117 cm³/mol. The molecule has 0 N–H and O–H groups in total. The van der Waals surface area contributed by atoms with Gasteiger partial charge in [0.2, 0.25) is 0 Å². The van der Waals surface area contributed by atoms with E-state index in [1.54, 1.807) is 6.08 Å². The van der Waals surface area contributed by atoms with Crippen molar-refractivity contribution >= 4 is 17.5 Å². The number of rotatable bonds is 5. The number of fused-ring (bicyclic) bond motifs is 5. The monoisotopic (exact) mass is 428 g/mol. The SMILES string of the molecule is CCOC[C@H](OC(C)=O)[C@@H]1CC(=O)[C@@]2(C)CC[C@H]3[C@@H](CCC4=CC(=O)C=C(C)[C@@]43C)[C@H]12. The molecule has 0 saturated heterocycles. The zero-order valence-electron chi connectivity index (χ0n) is 19.5. The first kappa shape index (κ1) is 22.4. The van der Waals surface area contributed by atoms with Crippen LogP contribution in [0.5, 0.6) is 0 Å². The normalized spacial score (nSPS) is 40.3. The Kier molecular flexibility index (Phi) is 5.78. The van der Waals surface area contributed by atoms with Crippen molar-refractivity contribution in [3.8, 4) is 0 Å². The van der Waals surface area contributed by atoms with Gasteiger partial charge >= 0.3 is 5.97 Å². The van der Waals surface area contributed by atoms with Gasteiger partial charge in [0.05, 0.1) is 6.61 Å². The Balaban J connectivity index is 1.72. The summed E-state index contributed by atoms with van der Waals surface area (Å²) in [5, 5.41) is 0. The number of hydrogen-bond donors (Lipinski definition) is 0. The minimum absolute atomic E-state index is 0.00983. The Hall–Kier alpha value is -1.75. The summed E-state index contributed by atoms with van der Waals surface area (Å²) in [6.45, 7) is 10.8. The molecule has 31 heavy (non-hydrogen) atoms. The maximum Gasteiger partial charge on any atom is 0.302 e. The molecule has 3 saturated carbocycles. The third-order valence-corrected chi connectivity index (χ3v) is 9.14. The minimum atomic E-state index is -0.388. The van der Waals surface area contributed by atoms with Gasteiger partial charge in [-0.2, -0.15) is 0 Å². The maximum atomic E-state index is 13.3. The predicted octanol–water partition coefficient (Wildman–Crippen LogP) is 4.45. The van der Waals surface area contributed by atoms with E-state index < -0.39 is 0 Å². The van der Waals surface area contributed by atoms with Crippen molar-refractivity contribution in [3.05, 3.63) is 23.3 Å². The second-order valence-electron chi connectivity index (χ2n) is 10.5. The minimum Gasteiger partial charge on any atom is -0.460 e. The lowest BCUT2D eigenvalue weighted by molar-refractivity contribution is -0.157. The highest BCUT2D eigenvalue weighted by Gasteiger charge is 2.63. The number of allylic oxidation sites excluding steroid dienone is 4. The molecule has 0 amide bonds. The summed E-state index contributed by atoms with van der Waals surface area (Å²) in [5.41, 5.74) is 1.93. The molecule has 7 atom stereocenters. The van der Waals surface area contributed by atoms with E-state index in [2.05, 4.69) is 20.8 Å². The third-order valence-electron chi connectivity index (χ3n) is 9.14. The fourth-order valence-electron chi connectivity index (χ4n) is 7.57. The molecule has 5 nitrogen and oxygen atoms in total. The molecule has 0 aromatic rings. The molecule has 0 heterocycles. The molecule has 0 radical (unpaired) electrons. The van der Waals surface area contributed by atoms with E-state index in [1.165, 1.54) is 12.5 Å². The third kappa shape index (κ3) is 3.44. The molecule has 170 valence electrons. The van der Waals surface area contributed by atoms with Gasteiger partial charge in [0, 0.05) is 36.7 Å². The van der Waals surface area contributed by atoms with E-state index >= 15 is 0 Å². The van der Waals surface area contributed by atoms with Crippen molar-refractivity contribution < 1.29 is 23.9 Å². The molecule has 0 bridgehead atoms. The lowest BCUT2D eigenvalue weighted by atomic mass is 9.46. The summed E-state index contributed by atoms with van der Waals surface area (Å²) in [6.07, 6.45) is 7.46. The van der Waals surface area contributed by atoms with Gasteiger partial charge in [0.1, 0.15) is 11.9 Å². The zero-order chi connectivity index (χ0) is 22.6. The van der Waals surface area contributed by atoms with E-state index in [0.717, 1.165) is 31.3 Å². The number of Topliss-reactive ketones (excluding diaryl/α,β-unsaturated/α-hetero) is 1. The average Bonchev–Trinajstić information content (AvgIpc) is 2.97. The van der Waals surface area contributed by atoms with Gasteiger partial charge in [-0.05, 0) is 69.4 Å². The van der Waals surface area contributed by atoms with Crippen LogP contribution in [0.3, 0.4) is 0 Å². The summed E-state index contributed by atoms with van der Waals surface area (Å²) in [5.74, 6) is 1.03. The molecular weight excluding hydrogens is 392 g/mol. The summed E-state index contributed by atoms with van der Waals surface area (Å²) < 4.78 is 11.4. The second kappa shape index (κ2) is 7.99. The first-order valence-electron chi connectivity index (χ1n) is 11.8. The highest BCUT2D eigenvalue weighted by molar-refractivity contribution is 6.02. The Morgan fingerprint density at radius 3 is 2.65 bits per heavy atom. The zero-order valence-corrected chi connectivity index (χ0v) is 19.5. The summed E-state index contributed by atoms with van der Waals surface area (Å²) in [4.78, 5) is 37.4. The number of ether oxygens (including phenoxy) is 2. The van der Waals surface area contributed by atoms with E-state index in [-0.39, 0.29) is 40.5 Å². The van der Waals surface area contributed by atoms with E-state index in [1.807, 2.05) is 13.0 Å². The van der Waals surface area contributed by atoms with Crippen LogP contribution in [0.2, 0.25) is 0 Å². The molecule has 4 aliphatic rings. The Morgan fingerprint density at radius 2 is 1.97 bits per heavy atom. The molecule has 4 aliphatic carbocycles. The Morgan fingerprint density at radius 1 is 1.23 bits per heavy atom. The molecular formula is C26H36O5. The molecule has 0 unspecified atom stereocenters.